The fourth-order valence-electron chi connectivity index (χ4n) is 1.49. The molecule has 0 spiro atoms. The van der Waals surface area contributed by atoms with E-state index < -0.39 is 12.1 Å². The summed E-state index contributed by atoms with van der Waals surface area (Å²) in [4.78, 5) is 0. The molecule has 0 aliphatic rings. The molecule has 5 heteroatoms. The molecule has 3 N–H and O–H groups in total. The SMILES string of the molecule is CC(C)(C)[C@H](O)[C@H](N)c1cc(F)cc(Br)c1.Cl. The Bertz CT molecular complexity index is 361. The second kappa shape index (κ2) is 6.14. The van der Waals surface area contributed by atoms with Gasteiger partial charge in [0, 0.05) is 4.47 Å². The molecular weight excluding hydrogens is 308 g/mol. The zero-order chi connectivity index (χ0) is 12.5. The summed E-state index contributed by atoms with van der Waals surface area (Å²) in [6.07, 6.45) is -0.721. The fourth-order valence-corrected chi connectivity index (χ4v) is 1.97. The van der Waals surface area contributed by atoms with Gasteiger partial charge in [0.05, 0.1) is 12.1 Å². The van der Waals surface area contributed by atoms with Crippen molar-refractivity contribution in [2.75, 3.05) is 0 Å². The number of aliphatic hydroxyl groups is 1. The van der Waals surface area contributed by atoms with Crippen molar-refractivity contribution in [3.63, 3.8) is 0 Å². The standard InChI is InChI=1S/C12H17BrFNO.ClH/c1-12(2,3)11(16)10(15)7-4-8(13)6-9(14)5-7;/h4-6,10-11,16H,15H2,1-3H3;1H/t10-,11-;/m1./s1. The minimum Gasteiger partial charge on any atom is -0.391 e. The van der Waals surface area contributed by atoms with E-state index in [0.29, 0.717) is 10.0 Å². The van der Waals surface area contributed by atoms with Gasteiger partial charge in [-0.3, -0.25) is 0 Å². The maximum Gasteiger partial charge on any atom is 0.124 e. The summed E-state index contributed by atoms with van der Waals surface area (Å²) in [5, 5.41) is 10.0. The predicted octanol–water partition coefficient (Wildman–Crippen LogP) is 3.42. The topological polar surface area (TPSA) is 46.2 Å². The molecule has 0 amide bonds. The van der Waals surface area contributed by atoms with Crippen LogP contribution in [-0.2, 0) is 0 Å². The summed E-state index contributed by atoms with van der Waals surface area (Å²) in [5.74, 6) is -0.360. The Hall–Kier alpha value is -0.160. The number of hydrogen-bond acceptors (Lipinski definition) is 2. The molecule has 98 valence electrons. The lowest BCUT2D eigenvalue weighted by Gasteiger charge is -2.31. The minimum absolute atomic E-state index is 0. The van der Waals surface area contributed by atoms with E-state index in [1.54, 1.807) is 6.07 Å². The molecule has 0 aromatic heterocycles. The number of halogens is 3. The lowest BCUT2D eigenvalue weighted by Crippen LogP contribution is -2.37. The van der Waals surface area contributed by atoms with Crippen LogP contribution < -0.4 is 5.73 Å². The predicted molar refractivity (Wildman–Crippen MR) is 73.7 cm³/mol. The van der Waals surface area contributed by atoms with Crippen LogP contribution in [0.15, 0.2) is 22.7 Å². The normalized spacial score (nSPS) is 15.0. The first-order valence-electron chi connectivity index (χ1n) is 5.11. The largest absolute Gasteiger partial charge is 0.391 e. The van der Waals surface area contributed by atoms with E-state index in [9.17, 15) is 9.50 Å². The van der Waals surface area contributed by atoms with Crippen LogP contribution in [0.5, 0.6) is 0 Å². The Morgan fingerprint density at radius 3 is 2.24 bits per heavy atom. The molecule has 0 heterocycles. The van der Waals surface area contributed by atoms with Gasteiger partial charge in [-0.05, 0) is 29.2 Å². The molecule has 0 radical (unpaired) electrons. The number of hydrogen-bond donors (Lipinski definition) is 2. The first kappa shape index (κ1) is 16.8. The monoisotopic (exact) mass is 325 g/mol. The van der Waals surface area contributed by atoms with Crippen molar-refractivity contribution in [2.45, 2.75) is 32.9 Å². The number of rotatable bonds is 2. The molecule has 0 saturated heterocycles. The van der Waals surface area contributed by atoms with Crippen molar-refractivity contribution in [3.8, 4) is 0 Å². The van der Waals surface area contributed by atoms with E-state index in [2.05, 4.69) is 15.9 Å². The Morgan fingerprint density at radius 1 is 1.29 bits per heavy atom. The molecule has 0 fully saturated rings. The molecule has 2 nitrogen and oxygen atoms in total. The highest BCUT2D eigenvalue weighted by Gasteiger charge is 2.29. The summed E-state index contributed by atoms with van der Waals surface area (Å²) in [6, 6.07) is 3.85. The highest BCUT2D eigenvalue weighted by Crippen LogP contribution is 2.30. The third-order valence-corrected chi connectivity index (χ3v) is 2.96. The molecule has 17 heavy (non-hydrogen) atoms. The van der Waals surface area contributed by atoms with E-state index in [0.717, 1.165) is 0 Å². The highest BCUT2D eigenvalue weighted by atomic mass is 79.9. The summed E-state index contributed by atoms with van der Waals surface area (Å²) < 4.78 is 13.8. The van der Waals surface area contributed by atoms with Crippen LogP contribution >= 0.6 is 28.3 Å². The Morgan fingerprint density at radius 2 is 1.82 bits per heavy atom. The second-order valence-electron chi connectivity index (χ2n) is 5.04. The second-order valence-corrected chi connectivity index (χ2v) is 5.96. The molecule has 1 aromatic carbocycles. The lowest BCUT2D eigenvalue weighted by atomic mass is 9.82. The number of nitrogens with two attached hydrogens (primary N) is 1. The zero-order valence-electron chi connectivity index (χ0n) is 10.1. The smallest absolute Gasteiger partial charge is 0.124 e. The van der Waals surface area contributed by atoms with Gasteiger partial charge in [-0.2, -0.15) is 0 Å². The maximum atomic E-state index is 13.2. The summed E-state index contributed by atoms with van der Waals surface area (Å²) in [7, 11) is 0. The zero-order valence-corrected chi connectivity index (χ0v) is 12.5. The molecular formula is C12H18BrClFNO. The quantitative estimate of drug-likeness (QED) is 0.875. The molecule has 0 unspecified atom stereocenters. The third-order valence-electron chi connectivity index (χ3n) is 2.50. The van der Waals surface area contributed by atoms with Crippen molar-refractivity contribution in [2.24, 2.45) is 11.1 Å². The van der Waals surface area contributed by atoms with Gasteiger partial charge in [0.1, 0.15) is 5.82 Å². The number of benzene rings is 1. The lowest BCUT2D eigenvalue weighted by molar-refractivity contribution is 0.0400. The van der Waals surface area contributed by atoms with Crippen molar-refractivity contribution < 1.29 is 9.50 Å². The Kier molecular flexibility index (Phi) is 6.08. The van der Waals surface area contributed by atoms with Crippen molar-refractivity contribution in [3.05, 3.63) is 34.1 Å². The van der Waals surface area contributed by atoms with Crippen molar-refractivity contribution >= 4 is 28.3 Å². The van der Waals surface area contributed by atoms with Crippen LogP contribution in [0.2, 0.25) is 0 Å². The molecule has 1 rings (SSSR count). The van der Waals surface area contributed by atoms with Crippen LogP contribution in [0.4, 0.5) is 4.39 Å². The van der Waals surface area contributed by atoms with Gasteiger partial charge >= 0.3 is 0 Å². The molecule has 0 saturated carbocycles. The molecule has 1 aromatic rings. The van der Waals surface area contributed by atoms with E-state index in [-0.39, 0.29) is 23.6 Å². The summed E-state index contributed by atoms with van der Waals surface area (Å²) in [6.45, 7) is 5.68. The Balaban J connectivity index is 0.00000256. The van der Waals surface area contributed by atoms with Crippen LogP contribution in [0, 0.1) is 11.2 Å². The average molecular weight is 327 g/mol. The molecule has 2 atom stereocenters. The van der Waals surface area contributed by atoms with Crippen LogP contribution in [0.1, 0.15) is 32.4 Å². The van der Waals surface area contributed by atoms with Gasteiger partial charge < -0.3 is 10.8 Å². The number of aliphatic hydroxyl groups excluding tert-OH is 1. The third kappa shape index (κ3) is 4.54. The van der Waals surface area contributed by atoms with Gasteiger partial charge in [0.2, 0.25) is 0 Å². The van der Waals surface area contributed by atoms with Crippen molar-refractivity contribution in [1.29, 1.82) is 0 Å². The average Bonchev–Trinajstić information content (AvgIpc) is 2.12. The van der Waals surface area contributed by atoms with Gasteiger partial charge in [-0.25, -0.2) is 4.39 Å². The summed E-state index contributed by atoms with van der Waals surface area (Å²) >= 11 is 3.20. The van der Waals surface area contributed by atoms with Crippen LogP contribution in [-0.4, -0.2) is 11.2 Å². The van der Waals surface area contributed by atoms with Gasteiger partial charge in [0.25, 0.3) is 0 Å². The van der Waals surface area contributed by atoms with E-state index >= 15 is 0 Å². The molecule has 0 aliphatic carbocycles. The first-order valence-corrected chi connectivity index (χ1v) is 5.91. The van der Waals surface area contributed by atoms with Gasteiger partial charge in [0.15, 0.2) is 0 Å². The minimum atomic E-state index is -0.721. The van der Waals surface area contributed by atoms with E-state index in [4.69, 9.17) is 5.73 Å². The fraction of sp³-hybridized carbons (Fsp3) is 0.500. The van der Waals surface area contributed by atoms with Gasteiger partial charge in [-0.15, -0.1) is 12.4 Å². The first-order chi connectivity index (χ1) is 7.21. The van der Waals surface area contributed by atoms with Crippen LogP contribution in [0.3, 0.4) is 0 Å². The van der Waals surface area contributed by atoms with E-state index in [1.807, 2.05) is 20.8 Å². The van der Waals surface area contributed by atoms with Crippen molar-refractivity contribution in [1.82, 2.24) is 0 Å². The van der Waals surface area contributed by atoms with E-state index in [1.165, 1.54) is 12.1 Å². The maximum absolute atomic E-state index is 13.2. The molecule has 0 bridgehead atoms. The molecule has 0 aliphatic heterocycles. The van der Waals surface area contributed by atoms with Gasteiger partial charge in [-0.1, -0.05) is 36.7 Å². The van der Waals surface area contributed by atoms with Crippen LogP contribution in [0.25, 0.3) is 0 Å². The summed E-state index contributed by atoms with van der Waals surface area (Å²) in [5.41, 5.74) is 6.18. The highest BCUT2D eigenvalue weighted by molar-refractivity contribution is 9.10. The Labute approximate surface area is 116 Å².